The maximum Gasteiger partial charge on any atom is 0.242 e. The molecule has 2 rings (SSSR count). The van der Waals surface area contributed by atoms with Gasteiger partial charge in [-0.05, 0) is 30.2 Å². The molecule has 4 nitrogen and oxygen atoms in total. The fraction of sp³-hybridized carbons (Fsp3) is 0.417. The van der Waals surface area contributed by atoms with Gasteiger partial charge in [-0.15, -0.1) is 6.58 Å². The van der Waals surface area contributed by atoms with Gasteiger partial charge in [0.1, 0.15) is 0 Å². The van der Waals surface area contributed by atoms with Crippen molar-refractivity contribution in [3.63, 3.8) is 0 Å². The molecule has 1 atom stereocenters. The number of benzene rings is 2. The van der Waals surface area contributed by atoms with Gasteiger partial charge < -0.3 is 4.74 Å². The van der Waals surface area contributed by atoms with Crippen LogP contribution in [0.5, 0.6) is 0 Å². The fourth-order valence-corrected chi connectivity index (χ4v) is 5.49. The molecule has 164 valence electrons. The monoisotopic (exact) mass is 445 g/mol. The molecule has 1 unspecified atom stereocenters. The first-order chi connectivity index (χ1) is 14.1. The minimum atomic E-state index is -3.60. The second-order valence-corrected chi connectivity index (χ2v) is 16.7. The highest BCUT2D eigenvalue weighted by atomic mass is 32.2. The maximum atomic E-state index is 13.2. The molecule has 0 saturated heterocycles. The van der Waals surface area contributed by atoms with E-state index in [9.17, 15) is 8.42 Å². The van der Waals surface area contributed by atoms with Crippen LogP contribution >= 0.6 is 0 Å². The highest BCUT2D eigenvalue weighted by molar-refractivity contribution is 7.89. The van der Waals surface area contributed by atoms with E-state index in [1.54, 1.807) is 31.3 Å². The third-order valence-corrected chi connectivity index (χ3v) is 8.79. The van der Waals surface area contributed by atoms with Crippen LogP contribution < -0.4 is 0 Å². The summed E-state index contributed by atoms with van der Waals surface area (Å²) in [4.78, 5) is 0.299. The van der Waals surface area contributed by atoms with Crippen LogP contribution in [-0.2, 0) is 20.2 Å². The van der Waals surface area contributed by atoms with Crippen molar-refractivity contribution in [3.8, 4) is 0 Å². The molecule has 0 aromatic heterocycles. The van der Waals surface area contributed by atoms with E-state index in [0.717, 1.165) is 11.6 Å². The molecule has 30 heavy (non-hydrogen) atoms. The molecule has 0 N–H and O–H groups in total. The van der Waals surface area contributed by atoms with Crippen LogP contribution in [0.1, 0.15) is 12.0 Å². The molecule has 0 spiro atoms. The summed E-state index contributed by atoms with van der Waals surface area (Å²) in [5.74, 6) is 0. The molecule has 0 amide bonds. The number of allylic oxidation sites excluding steroid dienone is 1. The summed E-state index contributed by atoms with van der Waals surface area (Å²) in [7, 11) is -3.17. The zero-order chi connectivity index (χ0) is 22.3. The number of ether oxygens (including phenoxy) is 1. The van der Waals surface area contributed by atoms with Crippen molar-refractivity contribution in [1.29, 1.82) is 0 Å². The molecule has 0 fully saturated rings. The van der Waals surface area contributed by atoms with Gasteiger partial charge in [0.05, 0.1) is 11.5 Å². The van der Waals surface area contributed by atoms with E-state index in [2.05, 4.69) is 26.2 Å². The highest BCUT2D eigenvalue weighted by Gasteiger charge is 2.36. The second kappa shape index (κ2) is 10.5. The summed E-state index contributed by atoms with van der Waals surface area (Å²) >= 11 is 0. The second-order valence-electron chi connectivity index (χ2n) is 9.08. The Labute approximate surface area is 183 Å². The van der Waals surface area contributed by atoms with E-state index in [1.165, 1.54) is 4.31 Å². The molecule has 0 aliphatic heterocycles. The lowest BCUT2D eigenvalue weighted by atomic mass is 9.78. The van der Waals surface area contributed by atoms with Crippen LogP contribution in [0.3, 0.4) is 0 Å². The van der Waals surface area contributed by atoms with Crippen LogP contribution in [-0.4, -0.2) is 47.6 Å². The molecule has 0 radical (unpaired) electrons. The quantitative estimate of drug-likeness (QED) is 0.257. The summed E-state index contributed by atoms with van der Waals surface area (Å²) in [6.45, 7) is 12.4. The standard InChI is InChI=1S/C24H35NO3SSi/c1-6-17-24(22-13-9-7-10-14-22,21-28-18-19-30(3,4)5)20-25(2)29(26,27)23-15-11-8-12-16-23/h6-16H,1,17-21H2,2-5H3. The highest BCUT2D eigenvalue weighted by Crippen LogP contribution is 2.32. The molecule has 2 aromatic rings. The fourth-order valence-electron chi connectivity index (χ4n) is 3.46. The Hall–Kier alpha value is -1.73. The molecular weight excluding hydrogens is 410 g/mol. The number of nitrogens with zero attached hydrogens (tertiary/aromatic N) is 1. The molecule has 0 aliphatic carbocycles. The molecule has 0 aliphatic rings. The van der Waals surface area contributed by atoms with E-state index in [0.29, 0.717) is 31.1 Å². The summed E-state index contributed by atoms with van der Waals surface area (Å²) in [5.41, 5.74) is 0.562. The normalized spacial score (nSPS) is 14.4. The predicted molar refractivity (Wildman–Crippen MR) is 128 cm³/mol. The molecule has 0 heterocycles. The number of rotatable bonds is 12. The number of hydrogen-bond acceptors (Lipinski definition) is 3. The summed E-state index contributed by atoms with van der Waals surface area (Å²) in [6.07, 6.45) is 2.48. The first-order valence-corrected chi connectivity index (χ1v) is 15.5. The minimum Gasteiger partial charge on any atom is -0.381 e. The molecule has 2 aromatic carbocycles. The van der Waals surface area contributed by atoms with Gasteiger partial charge in [-0.25, -0.2) is 8.42 Å². The van der Waals surface area contributed by atoms with E-state index in [-0.39, 0.29) is 0 Å². The van der Waals surface area contributed by atoms with Gasteiger partial charge in [-0.2, -0.15) is 4.31 Å². The van der Waals surface area contributed by atoms with Gasteiger partial charge in [0.2, 0.25) is 10.0 Å². The molecular formula is C24H35NO3SSi. The van der Waals surface area contributed by atoms with Crippen LogP contribution in [0.25, 0.3) is 0 Å². The van der Waals surface area contributed by atoms with Crippen molar-refractivity contribution >= 4 is 18.1 Å². The Morgan fingerprint density at radius 1 is 1.03 bits per heavy atom. The van der Waals surface area contributed by atoms with Crippen molar-refractivity contribution in [3.05, 3.63) is 78.9 Å². The molecule has 6 heteroatoms. The van der Waals surface area contributed by atoms with Crippen molar-refractivity contribution in [2.24, 2.45) is 0 Å². The topological polar surface area (TPSA) is 46.6 Å². The van der Waals surface area contributed by atoms with Gasteiger partial charge in [-0.1, -0.05) is 74.2 Å². The van der Waals surface area contributed by atoms with E-state index >= 15 is 0 Å². The Balaban J connectivity index is 2.33. The van der Waals surface area contributed by atoms with Crippen LogP contribution in [0.15, 0.2) is 78.2 Å². The number of sulfonamides is 1. The van der Waals surface area contributed by atoms with Crippen molar-refractivity contribution < 1.29 is 13.2 Å². The van der Waals surface area contributed by atoms with E-state index in [1.807, 2.05) is 42.5 Å². The summed E-state index contributed by atoms with van der Waals surface area (Å²) < 4.78 is 34.0. The lowest BCUT2D eigenvalue weighted by Crippen LogP contribution is -2.45. The summed E-state index contributed by atoms with van der Waals surface area (Å²) in [6, 6.07) is 19.7. The third-order valence-electron chi connectivity index (χ3n) is 5.27. The Morgan fingerprint density at radius 3 is 2.13 bits per heavy atom. The predicted octanol–water partition coefficient (Wildman–Crippen LogP) is 5.18. The average Bonchev–Trinajstić information content (AvgIpc) is 2.71. The summed E-state index contributed by atoms with van der Waals surface area (Å²) in [5, 5.41) is 0. The zero-order valence-corrected chi connectivity index (χ0v) is 20.5. The van der Waals surface area contributed by atoms with E-state index < -0.39 is 23.5 Å². The average molecular weight is 446 g/mol. The first-order valence-electron chi connectivity index (χ1n) is 10.4. The lowest BCUT2D eigenvalue weighted by molar-refractivity contribution is 0.0839. The number of likely N-dealkylation sites (N-methyl/N-ethyl adjacent to an activating group) is 1. The molecule has 0 saturated carbocycles. The molecule has 0 bridgehead atoms. The Morgan fingerprint density at radius 2 is 1.60 bits per heavy atom. The minimum absolute atomic E-state index is 0.299. The van der Waals surface area contributed by atoms with Crippen molar-refractivity contribution in [2.45, 2.75) is 42.4 Å². The lowest BCUT2D eigenvalue weighted by Gasteiger charge is -2.37. The maximum absolute atomic E-state index is 13.2. The third kappa shape index (κ3) is 6.64. The number of hydrogen-bond donors (Lipinski definition) is 0. The van der Waals surface area contributed by atoms with Crippen LogP contribution in [0.2, 0.25) is 25.7 Å². The van der Waals surface area contributed by atoms with Crippen LogP contribution in [0, 0.1) is 0 Å². The van der Waals surface area contributed by atoms with Gasteiger partial charge >= 0.3 is 0 Å². The van der Waals surface area contributed by atoms with Crippen molar-refractivity contribution in [2.75, 3.05) is 26.8 Å². The largest absolute Gasteiger partial charge is 0.381 e. The smallest absolute Gasteiger partial charge is 0.242 e. The van der Waals surface area contributed by atoms with Crippen LogP contribution in [0.4, 0.5) is 0 Å². The van der Waals surface area contributed by atoms with Gasteiger partial charge in [0.15, 0.2) is 0 Å². The Kier molecular flexibility index (Phi) is 8.61. The SMILES string of the molecule is C=CCC(COCC[Si](C)(C)C)(CN(C)S(=O)(=O)c1ccccc1)c1ccccc1. The van der Waals surface area contributed by atoms with Gasteiger partial charge in [0.25, 0.3) is 0 Å². The van der Waals surface area contributed by atoms with Gasteiger partial charge in [-0.3, -0.25) is 0 Å². The van der Waals surface area contributed by atoms with Crippen molar-refractivity contribution in [1.82, 2.24) is 4.31 Å². The van der Waals surface area contributed by atoms with Gasteiger partial charge in [0, 0.05) is 33.7 Å². The zero-order valence-electron chi connectivity index (χ0n) is 18.7. The first kappa shape index (κ1) is 24.5. The van der Waals surface area contributed by atoms with E-state index in [4.69, 9.17) is 4.74 Å². The Bertz CT molecular complexity index is 895.